The Morgan fingerprint density at radius 2 is 2.15 bits per heavy atom. The van der Waals surface area contributed by atoms with Crippen molar-refractivity contribution in [2.45, 2.75) is 43.9 Å². The van der Waals surface area contributed by atoms with Crippen LogP contribution in [0, 0.1) is 13.8 Å². The van der Waals surface area contributed by atoms with Crippen LogP contribution < -0.4 is 5.32 Å². The number of rotatable bonds is 6. The summed E-state index contributed by atoms with van der Waals surface area (Å²) >= 11 is 7.62. The van der Waals surface area contributed by atoms with Crippen LogP contribution in [-0.4, -0.2) is 11.5 Å². The molecule has 1 aromatic heterocycles. The first-order valence-corrected chi connectivity index (χ1v) is 7.90. The Morgan fingerprint density at radius 3 is 2.80 bits per heavy atom. The van der Waals surface area contributed by atoms with Gasteiger partial charge >= 0.3 is 0 Å². The first-order chi connectivity index (χ1) is 9.60. The van der Waals surface area contributed by atoms with Gasteiger partial charge in [0.15, 0.2) is 0 Å². The van der Waals surface area contributed by atoms with Crippen molar-refractivity contribution in [3.8, 4) is 0 Å². The van der Waals surface area contributed by atoms with Gasteiger partial charge in [0.2, 0.25) is 0 Å². The molecule has 0 fully saturated rings. The second kappa shape index (κ2) is 7.16. The Labute approximate surface area is 129 Å². The van der Waals surface area contributed by atoms with Crippen molar-refractivity contribution in [3.63, 3.8) is 0 Å². The van der Waals surface area contributed by atoms with Gasteiger partial charge in [0, 0.05) is 16.5 Å². The first-order valence-electron chi connectivity index (χ1n) is 6.71. The molecule has 2 aromatic rings. The van der Waals surface area contributed by atoms with E-state index in [2.05, 4.69) is 23.3 Å². The molecule has 0 bridgehead atoms. The Morgan fingerprint density at radius 1 is 1.35 bits per heavy atom. The van der Waals surface area contributed by atoms with Gasteiger partial charge in [-0.05, 0) is 56.3 Å². The molecule has 0 unspecified atom stereocenters. The van der Waals surface area contributed by atoms with Gasteiger partial charge in [-0.15, -0.1) is 0 Å². The van der Waals surface area contributed by atoms with Gasteiger partial charge in [-0.2, -0.15) is 0 Å². The summed E-state index contributed by atoms with van der Waals surface area (Å²) in [6.07, 6.45) is 1.12. The van der Waals surface area contributed by atoms with Crippen LogP contribution in [0.15, 0.2) is 32.7 Å². The van der Waals surface area contributed by atoms with Crippen LogP contribution in [-0.2, 0) is 6.54 Å². The standard InChI is InChI=1S/C15H19ClN2OS/c1-4-7-17-9-12-5-6-13(16)8-14(12)20-15-18-10(2)11(3)19-15/h5-6,8,17H,4,7,9H2,1-3H3. The second-order valence-electron chi connectivity index (χ2n) is 4.65. The van der Waals surface area contributed by atoms with Gasteiger partial charge < -0.3 is 9.73 Å². The zero-order chi connectivity index (χ0) is 14.5. The normalized spacial score (nSPS) is 11.0. The van der Waals surface area contributed by atoms with Crippen molar-refractivity contribution in [1.82, 2.24) is 10.3 Å². The van der Waals surface area contributed by atoms with Crippen molar-refractivity contribution in [1.29, 1.82) is 0 Å². The predicted octanol–water partition coefficient (Wildman–Crippen LogP) is 4.60. The van der Waals surface area contributed by atoms with Gasteiger partial charge in [0.1, 0.15) is 5.76 Å². The highest BCUT2D eigenvalue weighted by atomic mass is 35.5. The molecular formula is C15H19ClN2OS. The first kappa shape index (κ1) is 15.4. The Hall–Kier alpha value is -0.970. The average molecular weight is 311 g/mol. The molecule has 108 valence electrons. The van der Waals surface area contributed by atoms with Crippen molar-refractivity contribution >= 4 is 23.4 Å². The van der Waals surface area contributed by atoms with Gasteiger partial charge in [0.25, 0.3) is 5.22 Å². The van der Waals surface area contributed by atoms with E-state index in [0.717, 1.165) is 40.9 Å². The van der Waals surface area contributed by atoms with Gasteiger partial charge in [-0.1, -0.05) is 24.6 Å². The molecule has 0 aliphatic carbocycles. The number of halogens is 1. The minimum Gasteiger partial charge on any atom is -0.436 e. The Kier molecular flexibility index (Phi) is 5.52. The molecule has 0 spiro atoms. The summed E-state index contributed by atoms with van der Waals surface area (Å²) in [5.74, 6) is 0.861. The third-order valence-electron chi connectivity index (χ3n) is 2.98. The largest absolute Gasteiger partial charge is 0.436 e. The Bertz CT molecular complexity index is 564. The fourth-order valence-corrected chi connectivity index (χ4v) is 2.98. The zero-order valence-electron chi connectivity index (χ0n) is 12.0. The molecular weight excluding hydrogens is 292 g/mol. The van der Waals surface area contributed by atoms with E-state index in [1.807, 2.05) is 26.0 Å². The molecule has 0 saturated heterocycles. The number of aromatic nitrogens is 1. The Balaban J connectivity index is 2.18. The lowest BCUT2D eigenvalue weighted by molar-refractivity contribution is 0.431. The maximum atomic E-state index is 6.10. The summed E-state index contributed by atoms with van der Waals surface area (Å²) in [6, 6.07) is 5.93. The van der Waals surface area contributed by atoms with Crippen LogP contribution in [0.4, 0.5) is 0 Å². The molecule has 0 aliphatic rings. The topological polar surface area (TPSA) is 38.1 Å². The van der Waals surface area contributed by atoms with Crippen molar-refractivity contribution < 1.29 is 4.42 Å². The molecule has 0 aliphatic heterocycles. The highest BCUT2D eigenvalue weighted by molar-refractivity contribution is 7.99. The maximum absolute atomic E-state index is 6.10. The molecule has 0 amide bonds. The summed E-state index contributed by atoms with van der Waals surface area (Å²) in [7, 11) is 0. The zero-order valence-corrected chi connectivity index (χ0v) is 13.6. The fourth-order valence-electron chi connectivity index (χ4n) is 1.75. The van der Waals surface area contributed by atoms with Crippen LogP contribution >= 0.6 is 23.4 Å². The number of hydrogen-bond donors (Lipinski definition) is 1. The lowest BCUT2D eigenvalue weighted by Gasteiger charge is -2.09. The lowest BCUT2D eigenvalue weighted by Crippen LogP contribution is -2.14. The maximum Gasteiger partial charge on any atom is 0.261 e. The summed E-state index contributed by atoms with van der Waals surface area (Å²) in [4.78, 5) is 5.49. The highest BCUT2D eigenvalue weighted by Gasteiger charge is 2.11. The van der Waals surface area contributed by atoms with E-state index in [1.165, 1.54) is 17.3 Å². The molecule has 0 saturated carbocycles. The van der Waals surface area contributed by atoms with Crippen LogP contribution in [0.1, 0.15) is 30.4 Å². The highest BCUT2D eigenvalue weighted by Crippen LogP contribution is 2.32. The van der Waals surface area contributed by atoms with E-state index in [4.69, 9.17) is 16.0 Å². The molecule has 1 heterocycles. The van der Waals surface area contributed by atoms with E-state index in [0.29, 0.717) is 5.22 Å². The van der Waals surface area contributed by atoms with Crippen LogP contribution in [0.2, 0.25) is 5.02 Å². The number of benzene rings is 1. The molecule has 20 heavy (non-hydrogen) atoms. The van der Waals surface area contributed by atoms with Gasteiger partial charge in [-0.3, -0.25) is 0 Å². The minimum atomic E-state index is 0.666. The van der Waals surface area contributed by atoms with Crippen LogP contribution in [0.5, 0.6) is 0 Å². The molecule has 1 aromatic carbocycles. The molecule has 3 nitrogen and oxygen atoms in total. The molecule has 2 rings (SSSR count). The predicted molar refractivity (Wildman–Crippen MR) is 83.5 cm³/mol. The third kappa shape index (κ3) is 4.01. The quantitative estimate of drug-likeness (QED) is 0.792. The lowest BCUT2D eigenvalue weighted by atomic mass is 10.2. The fraction of sp³-hybridized carbons (Fsp3) is 0.400. The van der Waals surface area contributed by atoms with E-state index in [9.17, 15) is 0 Å². The number of hydrogen-bond acceptors (Lipinski definition) is 4. The van der Waals surface area contributed by atoms with Gasteiger partial charge in [0.05, 0.1) is 5.69 Å². The summed E-state index contributed by atoms with van der Waals surface area (Å²) in [5, 5.41) is 4.80. The third-order valence-corrected chi connectivity index (χ3v) is 4.16. The van der Waals surface area contributed by atoms with Crippen molar-refractivity contribution in [2.24, 2.45) is 0 Å². The number of nitrogens with zero attached hydrogens (tertiary/aromatic N) is 1. The summed E-state index contributed by atoms with van der Waals surface area (Å²) < 4.78 is 5.63. The monoisotopic (exact) mass is 310 g/mol. The van der Waals surface area contributed by atoms with E-state index < -0.39 is 0 Å². The smallest absolute Gasteiger partial charge is 0.261 e. The van der Waals surface area contributed by atoms with E-state index in [1.54, 1.807) is 0 Å². The summed E-state index contributed by atoms with van der Waals surface area (Å²) in [5.41, 5.74) is 2.14. The van der Waals surface area contributed by atoms with E-state index in [-0.39, 0.29) is 0 Å². The van der Waals surface area contributed by atoms with Crippen molar-refractivity contribution in [3.05, 3.63) is 40.2 Å². The van der Waals surface area contributed by atoms with Crippen LogP contribution in [0.3, 0.4) is 0 Å². The SMILES string of the molecule is CCCNCc1ccc(Cl)cc1Sc1nc(C)c(C)o1. The average Bonchev–Trinajstić information content (AvgIpc) is 2.71. The second-order valence-corrected chi connectivity index (χ2v) is 6.08. The minimum absolute atomic E-state index is 0.666. The molecule has 0 radical (unpaired) electrons. The number of oxazole rings is 1. The number of aryl methyl sites for hydroxylation is 2. The van der Waals surface area contributed by atoms with Crippen molar-refractivity contribution in [2.75, 3.05) is 6.54 Å². The van der Waals surface area contributed by atoms with E-state index >= 15 is 0 Å². The molecule has 1 N–H and O–H groups in total. The molecule has 0 atom stereocenters. The van der Waals surface area contributed by atoms with Gasteiger partial charge in [-0.25, -0.2) is 4.98 Å². The number of nitrogens with one attached hydrogen (secondary N) is 1. The molecule has 5 heteroatoms. The van der Waals surface area contributed by atoms with Crippen LogP contribution in [0.25, 0.3) is 0 Å². The summed E-state index contributed by atoms with van der Waals surface area (Å²) in [6.45, 7) is 7.86.